The van der Waals surface area contributed by atoms with Crippen LogP contribution in [-0.2, 0) is 4.74 Å². The Balaban J connectivity index is 1.48. The molecule has 2 aliphatic rings. The van der Waals surface area contributed by atoms with E-state index in [-0.39, 0.29) is 11.9 Å². The number of aromatic nitrogens is 2. The van der Waals surface area contributed by atoms with Gasteiger partial charge in [-0.05, 0) is 66.4 Å². The Morgan fingerprint density at radius 1 is 1.26 bits per heavy atom. The maximum atomic E-state index is 13.4. The number of fused-ring (bicyclic) bond motifs is 1. The van der Waals surface area contributed by atoms with Gasteiger partial charge in [-0.2, -0.15) is 10.2 Å². The maximum Gasteiger partial charge on any atom is 0.149 e. The summed E-state index contributed by atoms with van der Waals surface area (Å²) in [5, 5.41) is 18.1. The highest BCUT2D eigenvalue weighted by Crippen LogP contribution is 2.36. The third kappa shape index (κ3) is 4.46. The first-order chi connectivity index (χ1) is 16.6. The number of piperazine rings is 1. The largest absolute Gasteiger partial charge is 0.378 e. The van der Waals surface area contributed by atoms with Crippen molar-refractivity contribution in [1.29, 1.82) is 5.41 Å². The molecule has 1 unspecified atom stereocenters. The molecule has 0 saturated carbocycles. The highest BCUT2D eigenvalue weighted by atomic mass is 32.2. The van der Waals surface area contributed by atoms with E-state index in [1.807, 2.05) is 10.9 Å². The van der Waals surface area contributed by atoms with Crippen LogP contribution in [0, 0.1) is 18.2 Å². The first-order valence-corrected chi connectivity index (χ1v) is 12.1. The SMILES string of the molecule is CN/N=C(\C=N)SN1CCN(C2COC2)C(c2cc3cnn(-c4ccc(F)cc4)c3cc2C)C1. The number of hydrogen-bond donors (Lipinski definition) is 2. The van der Waals surface area contributed by atoms with Gasteiger partial charge >= 0.3 is 0 Å². The Hall–Kier alpha value is -2.79. The highest BCUT2D eigenvalue weighted by molar-refractivity contribution is 8.13. The smallest absolute Gasteiger partial charge is 0.149 e. The molecule has 1 aromatic heterocycles. The minimum absolute atomic E-state index is 0.190. The maximum absolute atomic E-state index is 13.4. The molecule has 0 bridgehead atoms. The Morgan fingerprint density at radius 2 is 2.06 bits per heavy atom. The molecule has 2 N–H and O–H groups in total. The van der Waals surface area contributed by atoms with Crippen LogP contribution in [0.5, 0.6) is 0 Å². The number of aryl methyl sites for hydroxylation is 1. The number of halogens is 1. The lowest BCUT2D eigenvalue weighted by Crippen LogP contribution is -2.57. The van der Waals surface area contributed by atoms with Gasteiger partial charge in [0.05, 0.1) is 42.9 Å². The quantitative estimate of drug-likeness (QED) is 0.243. The lowest BCUT2D eigenvalue weighted by atomic mass is 9.95. The standard InChI is InChI=1S/C24H28FN7OS/c1-16-9-22-17(12-28-32(22)19-5-3-18(25)4-6-19)10-21(16)23-13-30(34-24(11-26)29-27-2)7-8-31(23)20-14-33-15-20/h3-6,9-12,20,23,26-27H,7-8,13-15H2,1-2H3/b26-11?,29-24+. The summed E-state index contributed by atoms with van der Waals surface area (Å²) in [6, 6.07) is 11.4. The van der Waals surface area contributed by atoms with Crippen molar-refractivity contribution in [1.82, 2.24) is 24.4 Å². The second-order valence-electron chi connectivity index (χ2n) is 8.54. The Bertz CT molecular complexity index is 1210. The van der Waals surface area contributed by atoms with Crippen LogP contribution in [-0.4, -0.2) is 76.2 Å². The van der Waals surface area contributed by atoms with E-state index in [1.54, 1.807) is 19.2 Å². The van der Waals surface area contributed by atoms with Crippen LogP contribution in [0.25, 0.3) is 16.6 Å². The van der Waals surface area contributed by atoms with Crippen molar-refractivity contribution in [3.63, 3.8) is 0 Å². The van der Waals surface area contributed by atoms with E-state index in [0.29, 0.717) is 11.1 Å². The molecule has 8 nitrogen and oxygen atoms in total. The molecule has 2 fully saturated rings. The van der Waals surface area contributed by atoms with Crippen molar-refractivity contribution in [2.75, 3.05) is 39.9 Å². The summed E-state index contributed by atoms with van der Waals surface area (Å²) in [7, 11) is 1.74. The van der Waals surface area contributed by atoms with Gasteiger partial charge in [-0.15, -0.1) is 0 Å². The Kier molecular flexibility index (Phi) is 6.64. The normalized spacial score (nSPS) is 20.4. The number of benzene rings is 2. The van der Waals surface area contributed by atoms with Crippen LogP contribution in [0.1, 0.15) is 17.2 Å². The van der Waals surface area contributed by atoms with Crippen molar-refractivity contribution >= 4 is 34.1 Å². The zero-order valence-electron chi connectivity index (χ0n) is 19.2. The minimum atomic E-state index is -0.260. The molecule has 34 heavy (non-hydrogen) atoms. The molecule has 0 amide bonds. The molecule has 0 spiro atoms. The Morgan fingerprint density at radius 3 is 2.74 bits per heavy atom. The van der Waals surface area contributed by atoms with Crippen LogP contribution < -0.4 is 5.43 Å². The van der Waals surface area contributed by atoms with Crippen LogP contribution >= 0.6 is 11.9 Å². The molecule has 1 atom stereocenters. The number of hydrogen-bond acceptors (Lipinski definition) is 8. The van der Waals surface area contributed by atoms with Gasteiger partial charge in [-0.3, -0.25) is 4.90 Å². The first-order valence-electron chi connectivity index (χ1n) is 11.3. The van der Waals surface area contributed by atoms with Crippen LogP contribution in [0.3, 0.4) is 0 Å². The van der Waals surface area contributed by atoms with Gasteiger partial charge in [0.25, 0.3) is 0 Å². The van der Waals surface area contributed by atoms with Crippen molar-refractivity contribution in [2.24, 2.45) is 5.10 Å². The molecule has 2 aromatic carbocycles. The molecule has 0 radical (unpaired) electrons. The van der Waals surface area contributed by atoms with E-state index in [1.165, 1.54) is 41.4 Å². The summed E-state index contributed by atoms with van der Waals surface area (Å²) >= 11 is 1.51. The van der Waals surface area contributed by atoms with Gasteiger partial charge in [0.1, 0.15) is 10.9 Å². The minimum Gasteiger partial charge on any atom is -0.378 e. The number of rotatable bonds is 6. The van der Waals surface area contributed by atoms with E-state index < -0.39 is 0 Å². The van der Waals surface area contributed by atoms with Crippen molar-refractivity contribution in [3.05, 3.63) is 59.5 Å². The van der Waals surface area contributed by atoms with Gasteiger partial charge in [0.15, 0.2) is 0 Å². The molecule has 2 aliphatic heterocycles. The van der Waals surface area contributed by atoms with E-state index in [2.05, 4.69) is 43.9 Å². The van der Waals surface area contributed by atoms with E-state index in [0.717, 1.165) is 49.4 Å². The van der Waals surface area contributed by atoms with Gasteiger partial charge in [0.2, 0.25) is 0 Å². The van der Waals surface area contributed by atoms with Crippen LogP contribution in [0.4, 0.5) is 4.39 Å². The average Bonchev–Trinajstić information content (AvgIpc) is 3.21. The van der Waals surface area contributed by atoms with Crippen LogP contribution in [0.2, 0.25) is 0 Å². The Labute approximate surface area is 202 Å². The summed E-state index contributed by atoms with van der Waals surface area (Å²) in [5.74, 6) is -0.260. The molecule has 10 heteroatoms. The summed E-state index contributed by atoms with van der Waals surface area (Å²) < 4.78 is 23.1. The lowest BCUT2D eigenvalue weighted by Gasteiger charge is -2.47. The van der Waals surface area contributed by atoms with Crippen molar-refractivity contribution in [3.8, 4) is 5.69 Å². The molecule has 3 aromatic rings. The number of nitrogens with one attached hydrogen (secondary N) is 2. The number of ether oxygens (including phenoxy) is 1. The molecule has 3 heterocycles. The number of nitrogens with zero attached hydrogens (tertiary/aromatic N) is 5. The fraction of sp³-hybridized carbons (Fsp3) is 0.375. The first kappa shape index (κ1) is 23.0. The average molecular weight is 482 g/mol. The summed E-state index contributed by atoms with van der Waals surface area (Å²) in [6.07, 6.45) is 3.16. The summed E-state index contributed by atoms with van der Waals surface area (Å²) in [5.41, 5.74) is 7.07. The van der Waals surface area contributed by atoms with Crippen molar-refractivity contribution < 1.29 is 9.13 Å². The molecular weight excluding hydrogens is 453 g/mol. The zero-order valence-corrected chi connectivity index (χ0v) is 20.1. The van der Waals surface area contributed by atoms with Gasteiger partial charge < -0.3 is 15.6 Å². The monoisotopic (exact) mass is 481 g/mol. The zero-order chi connectivity index (χ0) is 23.7. The highest BCUT2D eigenvalue weighted by Gasteiger charge is 2.37. The second-order valence-corrected chi connectivity index (χ2v) is 9.66. The fourth-order valence-corrected chi connectivity index (χ4v) is 5.49. The van der Waals surface area contributed by atoms with E-state index in [9.17, 15) is 4.39 Å². The molecule has 178 valence electrons. The lowest BCUT2D eigenvalue weighted by molar-refractivity contribution is -0.0905. The van der Waals surface area contributed by atoms with Gasteiger partial charge in [-0.25, -0.2) is 13.4 Å². The molecular formula is C24H28FN7OS. The fourth-order valence-electron chi connectivity index (χ4n) is 4.65. The summed E-state index contributed by atoms with van der Waals surface area (Å²) in [6.45, 7) is 6.29. The molecule has 2 saturated heterocycles. The van der Waals surface area contributed by atoms with Gasteiger partial charge in [0, 0.05) is 38.1 Å². The van der Waals surface area contributed by atoms with E-state index >= 15 is 0 Å². The van der Waals surface area contributed by atoms with Crippen molar-refractivity contribution in [2.45, 2.75) is 19.0 Å². The molecule has 5 rings (SSSR count). The van der Waals surface area contributed by atoms with Crippen LogP contribution in [0.15, 0.2) is 47.7 Å². The van der Waals surface area contributed by atoms with Gasteiger partial charge in [-0.1, -0.05) is 0 Å². The predicted molar refractivity (Wildman–Crippen MR) is 134 cm³/mol. The third-order valence-corrected chi connectivity index (χ3v) is 7.41. The predicted octanol–water partition coefficient (Wildman–Crippen LogP) is 3.36. The van der Waals surface area contributed by atoms with E-state index in [4.69, 9.17) is 10.1 Å². The topological polar surface area (TPSA) is 81.8 Å². The summed E-state index contributed by atoms with van der Waals surface area (Å²) in [4.78, 5) is 2.55. The molecule has 0 aliphatic carbocycles. The number of hydrazone groups is 1. The second kappa shape index (κ2) is 9.83. The third-order valence-electron chi connectivity index (χ3n) is 6.43.